The minimum atomic E-state index is -2.98. The van der Waals surface area contributed by atoms with E-state index >= 15 is 0 Å². The number of hydrogen-bond acceptors (Lipinski definition) is 4. The molecule has 0 aromatic heterocycles. The maximum atomic E-state index is 10.9. The summed E-state index contributed by atoms with van der Waals surface area (Å²) in [6.07, 6.45) is 0.411. The number of nitrogens with zero attached hydrogens (tertiary/aromatic N) is 1. The van der Waals surface area contributed by atoms with Gasteiger partial charge in [-0.25, -0.2) is 8.42 Å². The SMILES string of the molecule is O=Nc1cccc(CCS(=O)(=O)I)c1. The molecule has 0 unspecified atom stereocenters. The molecule has 76 valence electrons. The molecule has 0 N–H and O–H groups in total. The van der Waals surface area contributed by atoms with Crippen LogP contribution in [0.15, 0.2) is 29.4 Å². The lowest BCUT2D eigenvalue weighted by atomic mass is 10.1. The molecule has 0 amide bonds. The van der Waals surface area contributed by atoms with E-state index in [1.165, 1.54) is 21.2 Å². The van der Waals surface area contributed by atoms with E-state index in [4.69, 9.17) is 0 Å². The third-order valence-electron chi connectivity index (χ3n) is 1.65. The van der Waals surface area contributed by atoms with E-state index in [9.17, 15) is 13.3 Å². The monoisotopic (exact) mass is 325 g/mol. The molecule has 4 nitrogen and oxygen atoms in total. The zero-order valence-electron chi connectivity index (χ0n) is 7.18. The molecular formula is C8H8INO3S. The van der Waals surface area contributed by atoms with Crippen molar-refractivity contribution >= 4 is 33.9 Å². The summed E-state index contributed by atoms with van der Waals surface area (Å²) in [6.45, 7) is 0. The van der Waals surface area contributed by atoms with Crippen molar-refractivity contribution in [2.45, 2.75) is 6.42 Å². The van der Waals surface area contributed by atoms with Crippen molar-refractivity contribution in [3.05, 3.63) is 34.7 Å². The lowest BCUT2D eigenvalue weighted by molar-refractivity contribution is 0.612. The van der Waals surface area contributed by atoms with Gasteiger partial charge >= 0.3 is 0 Å². The molecule has 0 aliphatic rings. The van der Waals surface area contributed by atoms with Crippen molar-refractivity contribution in [2.75, 3.05) is 5.75 Å². The average Bonchev–Trinajstić information content (AvgIpc) is 2.14. The zero-order chi connectivity index (χ0) is 10.6. The van der Waals surface area contributed by atoms with Gasteiger partial charge in [0.05, 0.1) is 27.0 Å². The molecule has 0 aliphatic carbocycles. The molecule has 0 radical (unpaired) electrons. The summed E-state index contributed by atoms with van der Waals surface area (Å²) in [5.41, 5.74) is 1.13. The Labute approximate surface area is 94.2 Å². The van der Waals surface area contributed by atoms with Crippen LogP contribution >= 0.6 is 21.2 Å². The molecular weight excluding hydrogens is 317 g/mol. The van der Waals surface area contributed by atoms with E-state index in [1.807, 2.05) is 0 Å². The highest BCUT2D eigenvalue weighted by Crippen LogP contribution is 2.15. The number of aryl methyl sites for hydroxylation is 1. The predicted octanol–water partition coefficient (Wildman–Crippen LogP) is 2.39. The highest BCUT2D eigenvalue weighted by atomic mass is 127. The van der Waals surface area contributed by atoms with E-state index < -0.39 is 7.01 Å². The number of nitroso groups, excluding NO2 is 1. The largest absolute Gasteiger partial charge is 0.218 e. The first-order chi connectivity index (χ1) is 6.51. The smallest absolute Gasteiger partial charge is 0.203 e. The van der Waals surface area contributed by atoms with Gasteiger partial charge in [0.15, 0.2) is 0 Å². The van der Waals surface area contributed by atoms with Crippen LogP contribution in [-0.4, -0.2) is 14.2 Å². The minimum absolute atomic E-state index is 0.0792. The van der Waals surface area contributed by atoms with Crippen LogP contribution in [0.25, 0.3) is 0 Å². The Morgan fingerprint density at radius 1 is 1.36 bits per heavy atom. The molecule has 0 spiro atoms. The lowest BCUT2D eigenvalue weighted by Crippen LogP contribution is -1.99. The highest BCUT2D eigenvalue weighted by Gasteiger charge is 2.05. The summed E-state index contributed by atoms with van der Waals surface area (Å²) < 4.78 is 21.7. The van der Waals surface area contributed by atoms with E-state index in [2.05, 4.69) is 5.18 Å². The Bertz CT molecular complexity index is 430. The van der Waals surface area contributed by atoms with Gasteiger partial charge in [-0.05, 0) is 29.3 Å². The van der Waals surface area contributed by atoms with Crippen molar-refractivity contribution in [2.24, 2.45) is 5.18 Å². The van der Waals surface area contributed by atoms with Gasteiger partial charge in [-0.15, -0.1) is 4.91 Å². The second kappa shape index (κ2) is 4.83. The van der Waals surface area contributed by atoms with Crippen molar-refractivity contribution in [1.29, 1.82) is 0 Å². The molecule has 1 rings (SSSR count). The van der Waals surface area contributed by atoms with Crippen LogP contribution in [0, 0.1) is 4.91 Å². The van der Waals surface area contributed by atoms with Crippen molar-refractivity contribution < 1.29 is 8.42 Å². The maximum absolute atomic E-state index is 10.9. The summed E-state index contributed by atoms with van der Waals surface area (Å²) in [7, 11) is -2.98. The van der Waals surface area contributed by atoms with Crippen LogP contribution in [0.2, 0.25) is 0 Å². The number of hydrogen-bond donors (Lipinski definition) is 0. The van der Waals surface area contributed by atoms with Crippen LogP contribution in [0.5, 0.6) is 0 Å². The van der Waals surface area contributed by atoms with Crippen molar-refractivity contribution in [1.82, 2.24) is 0 Å². The first kappa shape index (κ1) is 11.6. The predicted molar refractivity (Wildman–Crippen MR) is 63.4 cm³/mol. The minimum Gasteiger partial charge on any atom is -0.218 e. The molecule has 0 atom stereocenters. The number of rotatable bonds is 4. The fourth-order valence-corrected chi connectivity index (χ4v) is 2.15. The second-order valence-corrected chi connectivity index (χ2v) is 8.27. The van der Waals surface area contributed by atoms with Crippen LogP contribution < -0.4 is 0 Å². The highest BCUT2D eigenvalue weighted by molar-refractivity contribution is 14.2. The topological polar surface area (TPSA) is 63.6 Å². The standard InChI is InChI=1S/C8H8INO3S/c9-14(12,13)5-4-7-2-1-3-8(6-7)10-11/h1-3,6H,4-5H2. The van der Waals surface area contributed by atoms with Gasteiger partial charge in [0.1, 0.15) is 5.69 Å². The average molecular weight is 325 g/mol. The lowest BCUT2D eigenvalue weighted by Gasteiger charge is -1.98. The van der Waals surface area contributed by atoms with Gasteiger partial charge in [0.25, 0.3) is 0 Å². The summed E-state index contributed by atoms with van der Waals surface area (Å²) in [5, 5.41) is 2.77. The molecule has 0 heterocycles. The molecule has 0 aliphatic heterocycles. The molecule has 0 saturated carbocycles. The molecule has 0 fully saturated rings. The first-order valence-electron chi connectivity index (χ1n) is 3.86. The van der Waals surface area contributed by atoms with Gasteiger partial charge < -0.3 is 0 Å². The van der Waals surface area contributed by atoms with Crippen molar-refractivity contribution in [3.63, 3.8) is 0 Å². The Kier molecular flexibility index (Phi) is 3.99. The maximum Gasteiger partial charge on any atom is 0.203 e. The summed E-state index contributed by atoms with van der Waals surface area (Å²) in [4.78, 5) is 10.2. The molecule has 0 bridgehead atoms. The molecule has 1 aromatic rings. The fourth-order valence-electron chi connectivity index (χ4n) is 1.01. The van der Waals surface area contributed by atoms with Crippen molar-refractivity contribution in [3.8, 4) is 0 Å². The first-order valence-corrected chi connectivity index (χ1v) is 8.05. The Morgan fingerprint density at radius 2 is 2.07 bits per heavy atom. The van der Waals surface area contributed by atoms with Crippen LogP contribution in [0.4, 0.5) is 5.69 Å². The summed E-state index contributed by atoms with van der Waals surface area (Å²) in [5.74, 6) is 0.0792. The van der Waals surface area contributed by atoms with E-state index in [0.29, 0.717) is 12.1 Å². The second-order valence-electron chi connectivity index (χ2n) is 2.75. The summed E-state index contributed by atoms with van der Waals surface area (Å²) >= 11 is 1.41. The molecule has 1 aromatic carbocycles. The van der Waals surface area contributed by atoms with Crippen LogP contribution in [0.3, 0.4) is 0 Å². The Morgan fingerprint density at radius 3 is 2.64 bits per heavy atom. The number of halogens is 1. The molecule has 6 heteroatoms. The van der Waals surface area contributed by atoms with E-state index in [1.54, 1.807) is 24.3 Å². The van der Waals surface area contributed by atoms with E-state index in [0.717, 1.165) is 5.56 Å². The molecule has 0 saturated heterocycles. The van der Waals surface area contributed by atoms with Crippen LogP contribution in [0.1, 0.15) is 5.56 Å². The summed E-state index contributed by atoms with van der Waals surface area (Å²) in [6, 6.07) is 6.63. The Balaban J connectivity index is 2.72. The van der Waals surface area contributed by atoms with E-state index in [-0.39, 0.29) is 5.75 Å². The zero-order valence-corrected chi connectivity index (χ0v) is 10.2. The van der Waals surface area contributed by atoms with Gasteiger partial charge in [0, 0.05) is 0 Å². The van der Waals surface area contributed by atoms with Gasteiger partial charge in [-0.1, -0.05) is 12.1 Å². The molecule has 14 heavy (non-hydrogen) atoms. The van der Waals surface area contributed by atoms with Gasteiger partial charge in [0.2, 0.25) is 7.01 Å². The Hall–Kier alpha value is -0.500. The van der Waals surface area contributed by atoms with Gasteiger partial charge in [-0.3, -0.25) is 0 Å². The van der Waals surface area contributed by atoms with Crippen LogP contribution in [-0.2, 0) is 13.4 Å². The third-order valence-corrected chi connectivity index (χ3v) is 3.66. The third kappa shape index (κ3) is 4.14. The number of benzene rings is 1. The normalized spacial score (nSPS) is 11.2. The fraction of sp³-hybridized carbons (Fsp3) is 0.250. The van der Waals surface area contributed by atoms with Gasteiger partial charge in [-0.2, -0.15) is 0 Å². The quantitative estimate of drug-likeness (QED) is 0.485.